The molecule has 0 amide bonds. The van der Waals surface area contributed by atoms with E-state index < -0.39 is 17.6 Å². The van der Waals surface area contributed by atoms with Crippen molar-refractivity contribution >= 4 is 33.2 Å². The Morgan fingerprint density at radius 3 is 2.48 bits per heavy atom. The highest BCUT2D eigenvalue weighted by molar-refractivity contribution is 9.10. The second kappa shape index (κ2) is 6.23. The summed E-state index contributed by atoms with van der Waals surface area (Å²) >= 11 is 9.22. The molecule has 1 N–H and O–H groups in total. The molecule has 0 saturated carbocycles. The maximum atomic E-state index is 13.3. The largest absolute Gasteiger partial charge is 0.416 e. The van der Waals surface area contributed by atoms with Crippen LogP contribution < -0.4 is 5.32 Å². The average molecular weight is 383 g/mol. The lowest BCUT2D eigenvalue weighted by Crippen LogP contribution is -2.08. The number of nitrogens with one attached hydrogen (secondary N) is 1. The van der Waals surface area contributed by atoms with Gasteiger partial charge < -0.3 is 5.32 Å². The van der Waals surface area contributed by atoms with Crippen LogP contribution in [0.15, 0.2) is 40.9 Å². The van der Waals surface area contributed by atoms with Crippen molar-refractivity contribution in [2.24, 2.45) is 0 Å². The van der Waals surface area contributed by atoms with Gasteiger partial charge in [-0.15, -0.1) is 0 Å². The average Bonchev–Trinajstić information content (AvgIpc) is 2.38. The van der Waals surface area contributed by atoms with Crippen molar-refractivity contribution in [3.05, 3.63) is 62.8 Å². The molecule has 21 heavy (non-hydrogen) atoms. The van der Waals surface area contributed by atoms with Crippen LogP contribution in [0.5, 0.6) is 0 Å². The Morgan fingerprint density at radius 2 is 1.81 bits per heavy atom. The third-order valence-electron chi connectivity index (χ3n) is 2.70. The molecule has 0 unspecified atom stereocenters. The number of hydrogen-bond acceptors (Lipinski definition) is 1. The van der Waals surface area contributed by atoms with Gasteiger partial charge in [-0.25, -0.2) is 4.39 Å². The molecule has 2 aromatic rings. The molecular formula is C14H9BrClF4N. The van der Waals surface area contributed by atoms with Crippen LogP contribution in [0, 0.1) is 5.82 Å². The molecule has 0 aliphatic rings. The normalized spacial score (nSPS) is 11.5. The molecule has 0 saturated heterocycles. The second-order valence-electron chi connectivity index (χ2n) is 4.32. The number of benzene rings is 2. The van der Waals surface area contributed by atoms with E-state index in [1.807, 2.05) is 0 Å². The lowest BCUT2D eigenvalue weighted by Gasteiger charge is -2.12. The van der Waals surface area contributed by atoms with E-state index in [4.69, 9.17) is 11.6 Å². The number of rotatable bonds is 3. The standard InChI is InChI=1S/C14H9BrClF4N/c15-10-1-2-12(16)13(6-10)21-7-8-3-9(14(18,19)20)5-11(17)4-8/h1-6,21H,7H2. The van der Waals surface area contributed by atoms with Gasteiger partial charge in [0, 0.05) is 11.0 Å². The van der Waals surface area contributed by atoms with Gasteiger partial charge in [0.1, 0.15) is 5.82 Å². The fraction of sp³-hybridized carbons (Fsp3) is 0.143. The van der Waals surface area contributed by atoms with E-state index in [0.717, 1.165) is 16.6 Å². The number of halogens is 6. The summed E-state index contributed by atoms with van der Waals surface area (Å²) in [5.41, 5.74) is -0.290. The zero-order chi connectivity index (χ0) is 15.6. The van der Waals surface area contributed by atoms with Crippen molar-refractivity contribution in [2.45, 2.75) is 12.7 Å². The predicted molar refractivity (Wildman–Crippen MR) is 77.9 cm³/mol. The molecule has 0 spiro atoms. The Kier molecular flexibility index (Phi) is 4.78. The Hall–Kier alpha value is -1.27. The quantitative estimate of drug-likeness (QED) is 0.654. The van der Waals surface area contributed by atoms with Gasteiger partial charge in [0.05, 0.1) is 16.3 Å². The molecule has 7 heteroatoms. The van der Waals surface area contributed by atoms with Crippen LogP contribution in [-0.4, -0.2) is 0 Å². The third-order valence-corrected chi connectivity index (χ3v) is 3.52. The van der Waals surface area contributed by atoms with E-state index in [2.05, 4.69) is 21.2 Å². The van der Waals surface area contributed by atoms with Gasteiger partial charge in [-0.05, 0) is 42.0 Å². The van der Waals surface area contributed by atoms with Gasteiger partial charge in [0.15, 0.2) is 0 Å². The summed E-state index contributed by atoms with van der Waals surface area (Å²) in [6.45, 7) is 0.0248. The third kappa shape index (κ3) is 4.35. The highest BCUT2D eigenvalue weighted by atomic mass is 79.9. The minimum Gasteiger partial charge on any atom is -0.380 e. The lowest BCUT2D eigenvalue weighted by atomic mass is 10.1. The maximum absolute atomic E-state index is 13.3. The number of anilines is 1. The topological polar surface area (TPSA) is 12.0 Å². The second-order valence-corrected chi connectivity index (χ2v) is 5.65. The van der Waals surface area contributed by atoms with Crippen LogP contribution >= 0.6 is 27.5 Å². The predicted octanol–water partition coefficient (Wildman–Crippen LogP) is 5.87. The monoisotopic (exact) mass is 381 g/mol. The molecule has 2 rings (SSSR count). The Balaban J connectivity index is 2.20. The molecule has 0 bridgehead atoms. The van der Waals surface area contributed by atoms with Crippen molar-refractivity contribution in [1.29, 1.82) is 0 Å². The fourth-order valence-corrected chi connectivity index (χ4v) is 2.29. The van der Waals surface area contributed by atoms with Gasteiger partial charge in [-0.1, -0.05) is 27.5 Å². The fourth-order valence-electron chi connectivity index (χ4n) is 1.75. The zero-order valence-corrected chi connectivity index (χ0v) is 12.8. The SMILES string of the molecule is Fc1cc(CNc2cc(Br)ccc2Cl)cc(C(F)(F)F)c1. The van der Waals surface area contributed by atoms with E-state index >= 15 is 0 Å². The van der Waals surface area contributed by atoms with Gasteiger partial charge in [0.25, 0.3) is 0 Å². The molecule has 0 radical (unpaired) electrons. The molecule has 0 fully saturated rings. The smallest absolute Gasteiger partial charge is 0.380 e. The van der Waals surface area contributed by atoms with Crippen molar-refractivity contribution in [3.63, 3.8) is 0 Å². The summed E-state index contributed by atoms with van der Waals surface area (Å²) in [7, 11) is 0. The summed E-state index contributed by atoms with van der Waals surface area (Å²) in [6, 6.07) is 7.48. The molecule has 1 nitrogen and oxygen atoms in total. The molecule has 0 aromatic heterocycles. The van der Waals surface area contributed by atoms with Crippen molar-refractivity contribution < 1.29 is 17.6 Å². The van der Waals surface area contributed by atoms with Crippen molar-refractivity contribution in [2.75, 3.05) is 5.32 Å². The van der Waals surface area contributed by atoms with Gasteiger partial charge in [-0.2, -0.15) is 13.2 Å². The Bertz CT molecular complexity index is 658. The highest BCUT2D eigenvalue weighted by Crippen LogP contribution is 2.31. The Morgan fingerprint density at radius 1 is 1.10 bits per heavy atom. The van der Waals surface area contributed by atoms with E-state index in [-0.39, 0.29) is 12.1 Å². The maximum Gasteiger partial charge on any atom is 0.416 e. The summed E-state index contributed by atoms with van der Waals surface area (Å²) in [5.74, 6) is -0.929. The first-order valence-electron chi connectivity index (χ1n) is 5.81. The lowest BCUT2D eigenvalue weighted by molar-refractivity contribution is -0.137. The van der Waals surface area contributed by atoms with E-state index in [1.54, 1.807) is 18.2 Å². The van der Waals surface area contributed by atoms with Crippen LogP contribution in [0.25, 0.3) is 0 Å². The first-order valence-corrected chi connectivity index (χ1v) is 6.98. The number of hydrogen-bond donors (Lipinski definition) is 1. The van der Waals surface area contributed by atoms with Gasteiger partial charge in [-0.3, -0.25) is 0 Å². The first-order chi connectivity index (χ1) is 9.75. The first kappa shape index (κ1) is 16.1. The zero-order valence-electron chi connectivity index (χ0n) is 10.4. The molecule has 0 atom stereocenters. The van der Waals surface area contributed by atoms with Crippen LogP contribution in [0.1, 0.15) is 11.1 Å². The minimum absolute atomic E-state index is 0.0248. The van der Waals surface area contributed by atoms with Gasteiger partial charge >= 0.3 is 6.18 Å². The van der Waals surface area contributed by atoms with E-state index in [0.29, 0.717) is 16.8 Å². The Labute approximate surface area is 132 Å². The van der Waals surface area contributed by atoms with Crippen LogP contribution in [0.2, 0.25) is 5.02 Å². The summed E-state index contributed by atoms with van der Waals surface area (Å²) < 4.78 is 51.9. The van der Waals surface area contributed by atoms with Crippen LogP contribution in [0.3, 0.4) is 0 Å². The molecule has 2 aromatic carbocycles. The van der Waals surface area contributed by atoms with Gasteiger partial charge in [0.2, 0.25) is 0 Å². The molecule has 0 heterocycles. The van der Waals surface area contributed by atoms with E-state index in [9.17, 15) is 17.6 Å². The molecule has 0 aliphatic heterocycles. The molecule has 112 valence electrons. The summed E-state index contributed by atoms with van der Waals surface area (Å²) in [4.78, 5) is 0. The summed E-state index contributed by atoms with van der Waals surface area (Å²) in [6.07, 6.45) is -4.58. The van der Waals surface area contributed by atoms with E-state index in [1.165, 1.54) is 0 Å². The molecule has 0 aliphatic carbocycles. The molecular weight excluding hydrogens is 374 g/mol. The van der Waals surface area contributed by atoms with Crippen LogP contribution in [0.4, 0.5) is 23.2 Å². The van der Waals surface area contributed by atoms with Crippen LogP contribution in [-0.2, 0) is 12.7 Å². The number of alkyl halides is 3. The summed E-state index contributed by atoms with van der Waals surface area (Å²) in [5, 5.41) is 3.30. The highest BCUT2D eigenvalue weighted by Gasteiger charge is 2.31. The minimum atomic E-state index is -4.58. The van der Waals surface area contributed by atoms with Crippen molar-refractivity contribution in [1.82, 2.24) is 0 Å². The van der Waals surface area contributed by atoms with Crippen molar-refractivity contribution in [3.8, 4) is 0 Å².